The van der Waals surface area contributed by atoms with Crippen LogP contribution in [0.4, 0.5) is 0 Å². The average molecular weight is 733 g/mol. The van der Waals surface area contributed by atoms with Crippen LogP contribution in [0, 0.1) is 11.8 Å². The minimum absolute atomic E-state index is 0.0337. The molecule has 4 aliphatic carbocycles. The van der Waals surface area contributed by atoms with Crippen LogP contribution in [-0.2, 0) is 5.41 Å². The molecule has 56 heavy (non-hydrogen) atoms. The molecule has 0 saturated carbocycles. The highest BCUT2D eigenvalue weighted by atomic mass is 32.1. The molecule has 0 bridgehead atoms. The van der Waals surface area contributed by atoms with Gasteiger partial charge in [-0.25, -0.2) is 0 Å². The minimum Gasteiger partial charge on any atom is -0.135 e. The summed E-state index contributed by atoms with van der Waals surface area (Å²) >= 11 is 1.91. The van der Waals surface area contributed by atoms with Gasteiger partial charge in [-0.2, -0.15) is 0 Å². The third-order valence-electron chi connectivity index (χ3n) is 13.4. The van der Waals surface area contributed by atoms with Crippen LogP contribution in [0.5, 0.6) is 0 Å². The number of allylic oxidation sites excluding steroid dienone is 12. The fourth-order valence-electron chi connectivity index (χ4n) is 10.9. The van der Waals surface area contributed by atoms with Crippen molar-refractivity contribution in [3.8, 4) is 11.1 Å². The lowest BCUT2D eigenvalue weighted by Crippen LogP contribution is -2.18. The smallest absolute Gasteiger partial charge is 0.0361 e. The maximum Gasteiger partial charge on any atom is 0.0361 e. The molecule has 4 aliphatic rings. The molecule has 0 N–H and O–H groups in total. The van der Waals surface area contributed by atoms with E-state index in [1.807, 2.05) is 11.3 Å². The van der Waals surface area contributed by atoms with Crippen LogP contribution in [0.25, 0.3) is 74.8 Å². The first-order valence-electron chi connectivity index (χ1n) is 20.1. The second-order valence-electron chi connectivity index (χ2n) is 16.7. The molecule has 12 rings (SSSR count). The summed E-state index contributed by atoms with van der Waals surface area (Å²) in [5, 5.41) is 10.8. The maximum absolute atomic E-state index is 2.50. The van der Waals surface area contributed by atoms with E-state index in [4.69, 9.17) is 0 Å². The van der Waals surface area contributed by atoms with Crippen molar-refractivity contribution in [3.05, 3.63) is 204 Å². The Bertz CT molecular complexity index is 3130. The highest BCUT2D eigenvalue weighted by molar-refractivity contribution is 7.25. The fraction of sp³-hybridized carbons (Fsp3) is 0.127. The first-order chi connectivity index (χ1) is 27.5. The molecule has 3 atom stereocenters. The van der Waals surface area contributed by atoms with Gasteiger partial charge in [0.2, 0.25) is 0 Å². The van der Waals surface area contributed by atoms with E-state index in [1.54, 1.807) is 5.57 Å². The van der Waals surface area contributed by atoms with Gasteiger partial charge in [0.25, 0.3) is 0 Å². The summed E-state index contributed by atoms with van der Waals surface area (Å²) in [5.74, 6) is 1.12. The van der Waals surface area contributed by atoms with Gasteiger partial charge in [-0.3, -0.25) is 0 Å². The Kier molecular flexibility index (Phi) is 6.90. The van der Waals surface area contributed by atoms with Crippen molar-refractivity contribution >= 4 is 75.0 Å². The standard InChI is InChI=1S/C55H40S/c1-55(2)49-29-27-36(30-47(49)45-28-26-37-31-51-48(32-46(37)54(45)55)39-15-9-10-21-50(39)56-51)33-22-24-35(25-23-33)52-41-16-5-7-18-43(41)53(44-19-8-6-17-42(44)52)40-20-11-13-34-12-3-4-14-38(34)40/h3-29,31-32,34,38,47H,30H2,1-2H3. The fourth-order valence-corrected chi connectivity index (χ4v) is 12.0. The summed E-state index contributed by atoms with van der Waals surface area (Å²) < 4.78 is 2.74. The van der Waals surface area contributed by atoms with Crippen molar-refractivity contribution in [2.75, 3.05) is 0 Å². The number of fused-ring (bicyclic) bond motifs is 11. The molecule has 7 aromatic carbocycles. The van der Waals surface area contributed by atoms with Crippen LogP contribution >= 0.6 is 11.3 Å². The molecule has 1 aromatic heterocycles. The van der Waals surface area contributed by atoms with Crippen LogP contribution in [-0.4, -0.2) is 0 Å². The number of hydrogen-bond donors (Lipinski definition) is 0. The molecular formula is C55H40S. The number of thiophene rings is 1. The highest BCUT2D eigenvalue weighted by Crippen LogP contribution is 2.57. The Morgan fingerprint density at radius 2 is 1.20 bits per heavy atom. The molecule has 0 aliphatic heterocycles. The lowest BCUT2D eigenvalue weighted by Gasteiger charge is -2.29. The van der Waals surface area contributed by atoms with Crippen molar-refractivity contribution < 1.29 is 0 Å². The molecule has 1 heteroatoms. The van der Waals surface area contributed by atoms with E-state index in [9.17, 15) is 0 Å². The Balaban J connectivity index is 0.936. The third-order valence-corrected chi connectivity index (χ3v) is 14.6. The van der Waals surface area contributed by atoms with Gasteiger partial charge in [0, 0.05) is 43.3 Å². The van der Waals surface area contributed by atoms with Crippen LogP contribution in [0.15, 0.2) is 182 Å². The lowest BCUT2D eigenvalue weighted by molar-refractivity contribution is 0.618. The van der Waals surface area contributed by atoms with Gasteiger partial charge < -0.3 is 0 Å². The van der Waals surface area contributed by atoms with Gasteiger partial charge in [-0.05, 0) is 101 Å². The van der Waals surface area contributed by atoms with E-state index >= 15 is 0 Å². The molecule has 0 radical (unpaired) electrons. The molecule has 0 spiro atoms. The molecular weight excluding hydrogens is 693 g/mol. The van der Waals surface area contributed by atoms with Gasteiger partial charge in [0.05, 0.1) is 0 Å². The van der Waals surface area contributed by atoms with Crippen molar-refractivity contribution in [2.24, 2.45) is 11.8 Å². The Morgan fingerprint density at radius 3 is 1.96 bits per heavy atom. The van der Waals surface area contributed by atoms with E-state index < -0.39 is 0 Å². The summed E-state index contributed by atoms with van der Waals surface area (Å²) in [7, 11) is 0. The van der Waals surface area contributed by atoms with Crippen molar-refractivity contribution in [3.63, 3.8) is 0 Å². The molecule has 266 valence electrons. The summed E-state index contributed by atoms with van der Waals surface area (Å²) in [6.45, 7) is 4.90. The molecule has 1 heterocycles. The summed E-state index contributed by atoms with van der Waals surface area (Å²) in [6.07, 6.45) is 22.0. The van der Waals surface area contributed by atoms with Crippen LogP contribution in [0.1, 0.15) is 48.4 Å². The van der Waals surface area contributed by atoms with Gasteiger partial charge in [0.15, 0.2) is 0 Å². The van der Waals surface area contributed by atoms with E-state index in [-0.39, 0.29) is 5.41 Å². The normalized spacial score (nSPS) is 20.7. The van der Waals surface area contributed by atoms with Gasteiger partial charge >= 0.3 is 0 Å². The summed E-state index contributed by atoms with van der Waals surface area (Å²) in [6, 6.07) is 46.2. The Labute approximate surface area is 331 Å². The summed E-state index contributed by atoms with van der Waals surface area (Å²) in [5.41, 5.74) is 12.6. The SMILES string of the molecule is CC1(C)C2=CC=C(c3ccc(-c4c5ccccc5c(C5=CC=CC6C=CC=CC56)c5ccccc45)cc3)CC2c2ccc3cc4sc5ccccc5c4cc3c21. The quantitative estimate of drug-likeness (QED) is 0.159. The first kappa shape index (κ1) is 32.2. The molecule has 8 aromatic rings. The van der Waals surface area contributed by atoms with Crippen molar-refractivity contribution in [1.82, 2.24) is 0 Å². The topological polar surface area (TPSA) is 0 Å². The Hall–Kier alpha value is -6.02. The van der Waals surface area contributed by atoms with Gasteiger partial charge in [0.1, 0.15) is 0 Å². The molecule has 0 nitrogen and oxygen atoms in total. The second-order valence-corrected chi connectivity index (χ2v) is 17.8. The summed E-state index contributed by atoms with van der Waals surface area (Å²) in [4.78, 5) is 0. The predicted molar refractivity (Wildman–Crippen MR) is 243 cm³/mol. The van der Waals surface area contributed by atoms with E-state index in [0.717, 1.165) is 6.42 Å². The van der Waals surface area contributed by atoms with Crippen molar-refractivity contribution in [1.29, 1.82) is 0 Å². The zero-order valence-corrected chi connectivity index (χ0v) is 32.4. The van der Waals surface area contributed by atoms with Gasteiger partial charge in [-0.1, -0.05) is 177 Å². The van der Waals surface area contributed by atoms with Crippen LogP contribution in [0.2, 0.25) is 0 Å². The molecule has 0 amide bonds. The monoisotopic (exact) mass is 732 g/mol. The lowest BCUT2D eigenvalue weighted by atomic mass is 9.74. The number of rotatable bonds is 3. The largest absolute Gasteiger partial charge is 0.135 e. The third kappa shape index (κ3) is 4.58. The van der Waals surface area contributed by atoms with Crippen molar-refractivity contribution in [2.45, 2.75) is 31.6 Å². The van der Waals surface area contributed by atoms with Gasteiger partial charge in [-0.15, -0.1) is 11.3 Å². The average Bonchev–Trinajstić information content (AvgIpc) is 3.72. The van der Waals surface area contributed by atoms with E-state index in [1.165, 1.54) is 97.0 Å². The van der Waals surface area contributed by atoms with E-state index in [0.29, 0.717) is 17.8 Å². The second kappa shape index (κ2) is 12.0. The highest BCUT2D eigenvalue weighted by Gasteiger charge is 2.43. The molecule has 3 unspecified atom stereocenters. The molecule has 0 fully saturated rings. The minimum atomic E-state index is -0.0337. The van der Waals surface area contributed by atoms with Crippen LogP contribution in [0.3, 0.4) is 0 Å². The van der Waals surface area contributed by atoms with E-state index in [2.05, 4.69) is 190 Å². The zero-order valence-electron chi connectivity index (χ0n) is 31.6. The zero-order chi connectivity index (χ0) is 37.1. The molecule has 0 saturated heterocycles. The number of benzene rings is 7. The first-order valence-corrected chi connectivity index (χ1v) is 20.9. The Morgan fingerprint density at radius 1 is 0.536 bits per heavy atom. The maximum atomic E-state index is 2.50. The number of hydrogen-bond acceptors (Lipinski definition) is 1. The predicted octanol–water partition coefficient (Wildman–Crippen LogP) is 15.3. The van der Waals surface area contributed by atoms with Crippen LogP contribution < -0.4 is 0 Å².